The average Bonchev–Trinajstić information content (AvgIpc) is 2.43. The minimum absolute atomic E-state index is 0.0466. The summed E-state index contributed by atoms with van der Waals surface area (Å²) in [5, 5.41) is 12.7. The van der Waals surface area contributed by atoms with E-state index in [0.717, 1.165) is 21.3 Å². The van der Waals surface area contributed by atoms with E-state index in [2.05, 4.69) is 21.2 Å². The zero-order valence-electron chi connectivity index (χ0n) is 10.7. The summed E-state index contributed by atoms with van der Waals surface area (Å²) in [7, 11) is 0. The van der Waals surface area contributed by atoms with Crippen molar-refractivity contribution >= 4 is 33.2 Å². The second-order valence-corrected chi connectivity index (χ2v) is 5.62. The van der Waals surface area contributed by atoms with E-state index in [1.165, 1.54) is 12.1 Å². The molecule has 5 heteroatoms. The van der Waals surface area contributed by atoms with Gasteiger partial charge in [-0.1, -0.05) is 17.7 Å². The first-order valence-electron chi connectivity index (χ1n) is 5.89. The number of benzene rings is 2. The van der Waals surface area contributed by atoms with Crippen LogP contribution < -0.4 is 5.32 Å². The van der Waals surface area contributed by atoms with Gasteiger partial charge in [-0.05, 0) is 58.2 Å². The van der Waals surface area contributed by atoms with E-state index in [-0.39, 0.29) is 5.56 Å². The molecule has 0 heterocycles. The smallest absolute Gasteiger partial charge is 0.140 e. The summed E-state index contributed by atoms with van der Waals surface area (Å²) in [5.41, 5.74) is 2.71. The lowest BCUT2D eigenvalue weighted by molar-refractivity contribution is 0.623. The van der Waals surface area contributed by atoms with E-state index in [1.54, 1.807) is 6.07 Å². The molecule has 0 fully saturated rings. The van der Waals surface area contributed by atoms with Gasteiger partial charge >= 0.3 is 0 Å². The van der Waals surface area contributed by atoms with Crippen molar-refractivity contribution in [2.75, 3.05) is 5.32 Å². The van der Waals surface area contributed by atoms with Crippen molar-refractivity contribution in [1.29, 1.82) is 5.26 Å². The maximum absolute atomic E-state index is 13.2. The summed E-state index contributed by atoms with van der Waals surface area (Å²) >= 11 is 9.54. The lowest BCUT2D eigenvalue weighted by Gasteiger charge is -2.11. The van der Waals surface area contributed by atoms with Crippen LogP contribution in [-0.4, -0.2) is 0 Å². The lowest BCUT2D eigenvalue weighted by Crippen LogP contribution is -2.01. The van der Waals surface area contributed by atoms with Crippen LogP contribution in [0, 0.1) is 24.1 Å². The Morgan fingerprint density at radius 2 is 2.10 bits per heavy atom. The molecule has 2 aromatic rings. The van der Waals surface area contributed by atoms with Gasteiger partial charge in [0, 0.05) is 16.0 Å². The molecule has 0 aliphatic rings. The summed E-state index contributed by atoms with van der Waals surface area (Å²) in [6.45, 7) is 2.41. The van der Waals surface area contributed by atoms with Crippen molar-refractivity contribution in [1.82, 2.24) is 0 Å². The largest absolute Gasteiger partial charge is 0.380 e. The molecular formula is C15H11BrClFN2. The van der Waals surface area contributed by atoms with E-state index < -0.39 is 5.82 Å². The van der Waals surface area contributed by atoms with Gasteiger partial charge in [-0.2, -0.15) is 5.26 Å². The molecule has 2 nitrogen and oxygen atoms in total. The fourth-order valence-electron chi connectivity index (χ4n) is 1.75. The minimum atomic E-state index is -0.504. The normalized spacial score (nSPS) is 10.2. The molecule has 0 radical (unpaired) electrons. The van der Waals surface area contributed by atoms with Crippen molar-refractivity contribution in [2.45, 2.75) is 13.5 Å². The fraction of sp³-hybridized carbons (Fsp3) is 0.133. The Bertz CT molecular complexity index is 695. The van der Waals surface area contributed by atoms with E-state index in [0.29, 0.717) is 11.6 Å². The molecule has 2 rings (SSSR count). The minimum Gasteiger partial charge on any atom is -0.380 e. The Labute approximate surface area is 130 Å². The molecule has 1 N–H and O–H groups in total. The van der Waals surface area contributed by atoms with Crippen molar-refractivity contribution in [3.05, 3.63) is 62.3 Å². The highest BCUT2D eigenvalue weighted by atomic mass is 79.9. The standard InChI is InChI=1S/C15H11BrClFN2/c1-9-4-12(16)15(6-13(9)17)20-8-10-2-3-14(18)11(5-10)7-19/h2-6,20H,8H2,1H3. The van der Waals surface area contributed by atoms with Gasteiger partial charge in [0.25, 0.3) is 0 Å². The molecule has 0 amide bonds. The van der Waals surface area contributed by atoms with E-state index in [1.807, 2.05) is 25.1 Å². The van der Waals surface area contributed by atoms with Gasteiger partial charge in [0.1, 0.15) is 11.9 Å². The number of hydrogen-bond donors (Lipinski definition) is 1. The van der Waals surface area contributed by atoms with Crippen molar-refractivity contribution < 1.29 is 4.39 Å². The first-order valence-corrected chi connectivity index (χ1v) is 7.06. The highest BCUT2D eigenvalue weighted by Gasteiger charge is 2.06. The molecule has 0 unspecified atom stereocenters. The number of anilines is 1. The first-order chi connectivity index (χ1) is 9.51. The van der Waals surface area contributed by atoms with Crippen LogP contribution >= 0.6 is 27.5 Å². The van der Waals surface area contributed by atoms with Crippen molar-refractivity contribution in [2.24, 2.45) is 0 Å². The summed E-state index contributed by atoms with van der Waals surface area (Å²) < 4.78 is 14.1. The summed E-state index contributed by atoms with van der Waals surface area (Å²) in [5.74, 6) is -0.504. The van der Waals surface area contributed by atoms with Crippen LogP contribution in [0.15, 0.2) is 34.8 Å². The van der Waals surface area contributed by atoms with Gasteiger partial charge in [0.15, 0.2) is 0 Å². The Hall–Kier alpha value is -1.57. The Morgan fingerprint density at radius 3 is 2.80 bits per heavy atom. The fourth-order valence-corrected chi connectivity index (χ4v) is 2.51. The number of aryl methyl sites for hydroxylation is 1. The van der Waals surface area contributed by atoms with Crippen LogP contribution in [-0.2, 0) is 6.54 Å². The van der Waals surface area contributed by atoms with Crippen molar-refractivity contribution in [3.63, 3.8) is 0 Å². The number of nitrogens with zero attached hydrogens (tertiary/aromatic N) is 1. The quantitative estimate of drug-likeness (QED) is 0.839. The van der Waals surface area contributed by atoms with Gasteiger partial charge in [-0.25, -0.2) is 4.39 Å². The molecule has 0 aliphatic heterocycles. The second-order valence-electron chi connectivity index (χ2n) is 4.36. The molecule has 2 aromatic carbocycles. The third-order valence-electron chi connectivity index (χ3n) is 2.88. The third kappa shape index (κ3) is 3.30. The molecule has 20 heavy (non-hydrogen) atoms. The van der Waals surface area contributed by atoms with E-state index in [4.69, 9.17) is 16.9 Å². The van der Waals surface area contributed by atoms with Crippen LogP contribution in [0.5, 0.6) is 0 Å². The van der Waals surface area contributed by atoms with Crippen LogP contribution in [0.2, 0.25) is 5.02 Å². The van der Waals surface area contributed by atoms with E-state index >= 15 is 0 Å². The summed E-state index contributed by atoms with van der Waals surface area (Å²) in [6, 6.07) is 10.1. The van der Waals surface area contributed by atoms with Crippen LogP contribution in [0.1, 0.15) is 16.7 Å². The number of rotatable bonds is 3. The first kappa shape index (κ1) is 14.8. The maximum atomic E-state index is 13.2. The predicted molar refractivity (Wildman–Crippen MR) is 82.3 cm³/mol. The molecule has 0 spiro atoms. The molecule has 0 aromatic heterocycles. The predicted octanol–water partition coefficient (Wildman–Crippen LogP) is 5.03. The number of halogens is 3. The second kappa shape index (κ2) is 6.25. The highest BCUT2D eigenvalue weighted by molar-refractivity contribution is 9.10. The molecule has 0 saturated carbocycles. The number of nitrogens with one attached hydrogen (secondary N) is 1. The van der Waals surface area contributed by atoms with Crippen LogP contribution in [0.25, 0.3) is 0 Å². The zero-order valence-corrected chi connectivity index (χ0v) is 13.0. The Kier molecular flexibility index (Phi) is 4.64. The van der Waals surface area contributed by atoms with Gasteiger partial charge in [-0.3, -0.25) is 0 Å². The average molecular weight is 354 g/mol. The molecule has 0 atom stereocenters. The van der Waals surface area contributed by atoms with Crippen molar-refractivity contribution in [3.8, 4) is 6.07 Å². The molecule has 0 aliphatic carbocycles. The lowest BCUT2D eigenvalue weighted by atomic mass is 10.1. The maximum Gasteiger partial charge on any atom is 0.140 e. The topological polar surface area (TPSA) is 35.8 Å². The monoisotopic (exact) mass is 352 g/mol. The molecule has 102 valence electrons. The molecule has 0 bridgehead atoms. The Morgan fingerprint density at radius 1 is 1.35 bits per heavy atom. The summed E-state index contributed by atoms with van der Waals surface area (Å²) in [4.78, 5) is 0. The Balaban J connectivity index is 2.17. The summed E-state index contributed by atoms with van der Waals surface area (Å²) in [6.07, 6.45) is 0. The van der Waals surface area contributed by atoms with Gasteiger partial charge in [0.2, 0.25) is 0 Å². The van der Waals surface area contributed by atoms with Gasteiger partial charge < -0.3 is 5.32 Å². The number of nitriles is 1. The molecular weight excluding hydrogens is 343 g/mol. The van der Waals surface area contributed by atoms with Crippen LogP contribution in [0.3, 0.4) is 0 Å². The SMILES string of the molecule is Cc1cc(Br)c(NCc2ccc(F)c(C#N)c2)cc1Cl. The zero-order chi connectivity index (χ0) is 14.7. The van der Waals surface area contributed by atoms with Gasteiger partial charge in [-0.15, -0.1) is 0 Å². The van der Waals surface area contributed by atoms with E-state index in [9.17, 15) is 4.39 Å². The van der Waals surface area contributed by atoms with Crippen LogP contribution in [0.4, 0.5) is 10.1 Å². The molecule has 0 saturated heterocycles. The third-order valence-corrected chi connectivity index (χ3v) is 3.95. The number of hydrogen-bond acceptors (Lipinski definition) is 2. The van der Waals surface area contributed by atoms with Gasteiger partial charge in [0.05, 0.1) is 11.3 Å². The highest BCUT2D eigenvalue weighted by Crippen LogP contribution is 2.29.